The minimum absolute atomic E-state index is 0.121. The number of amides is 1. The predicted molar refractivity (Wildman–Crippen MR) is 93.9 cm³/mol. The van der Waals surface area contributed by atoms with Crippen LogP contribution in [0.25, 0.3) is 11.3 Å². The molecule has 24 heavy (non-hydrogen) atoms. The summed E-state index contributed by atoms with van der Waals surface area (Å²) in [4.78, 5) is 12.3. The normalized spacial score (nSPS) is 10.6. The minimum atomic E-state index is -0.133. The summed E-state index contributed by atoms with van der Waals surface area (Å²) in [7, 11) is 0. The Morgan fingerprint density at radius 1 is 1.08 bits per heavy atom. The van der Waals surface area contributed by atoms with Crippen LogP contribution in [-0.4, -0.2) is 11.0 Å². The second-order valence-corrected chi connectivity index (χ2v) is 5.78. The molecule has 0 unspecified atom stereocenters. The molecule has 0 saturated heterocycles. The molecule has 0 fully saturated rings. The van der Waals surface area contributed by atoms with Gasteiger partial charge in [-0.05, 0) is 61.9 Å². The van der Waals surface area contributed by atoms with Gasteiger partial charge in [0.25, 0.3) is 5.91 Å². The molecule has 1 amide bonds. The smallest absolute Gasteiger partial charge is 0.255 e. The van der Waals surface area contributed by atoms with Gasteiger partial charge in [-0.3, -0.25) is 4.79 Å². The van der Waals surface area contributed by atoms with E-state index in [0.29, 0.717) is 17.1 Å². The lowest BCUT2D eigenvalue weighted by Gasteiger charge is -2.09. The first kappa shape index (κ1) is 16.0. The van der Waals surface area contributed by atoms with Crippen molar-refractivity contribution in [1.29, 1.82) is 0 Å². The fourth-order valence-electron chi connectivity index (χ4n) is 2.62. The molecule has 0 aliphatic rings. The summed E-state index contributed by atoms with van der Waals surface area (Å²) >= 11 is 0. The highest BCUT2D eigenvalue weighted by Gasteiger charge is 2.10. The Kier molecular flexibility index (Phi) is 4.49. The topological polar surface area (TPSA) is 62.5 Å². The third kappa shape index (κ3) is 3.39. The maximum atomic E-state index is 12.3. The molecule has 3 rings (SSSR count). The van der Waals surface area contributed by atoms with E-state index in [1.54, 1.807) is 12.1 Å². The number of aliphatic hydroxyl groups is 1. The van der Waals surface area contributed by atoms with Crippen LogP contribution in [-0.2, 0) is 6.61 Å². The molecule has 122 valence electrons. The van der Waals surface area contributed by atoms with Gasteiger partial charge in [-0.1, -0.05) is 17.7 Å². The van der Waals surface area contributed by atoms with E-state index in [4.69, 9.17) is 9.52 Å². The molecule has 1 heterocycles. The molecule has 0 aliphatic carbocycles. The van der Waals surface area contributed by atoms with Crippen LogP contribution in [0.5, 0.6) is 0 Å². The van der Waals surface area contributed by atoms with E-state index in [1.807, 2.05) is 56.3 Å². The van der Waals surface area contributed by atoms with Crippen LogP contribution in [0.3, 0.4) is 0 Å². The van der Waals surface area contributed by atoms with Crippen molar-refractivity contribution in [2.24, 2.45) is 0 Å². The molecule has 0 atom stereocenters. The van der Waals surface area contributed by atoms with Gasteiger partial charge in [-0.15, -0.1) is 0 Å². The summed E-state index contributed by atoms with van der Waals surface area (Å²) in [6, 6.07) is 16.7. The lowest BCUT2D eigenvalue weighted by molar-refractivity contribution is 0.102. The van der Waals surface area contributed by atoms with Crippen LogP contribution in [0.15, 0.2) is 59.0 Å². The average Bonchev–Trinajstić information content (AvgIpc) is 3.04. The molecule has 0 radical (unpaired) electrons. The number of furan rings is 1. The lowest BCUT2D eigenvalue weighted by Crippen LogP contribution is -2.12. The summed E-state index contributed by atoms with van der Waals surface area (Å²) in [6.07, 6.45) is 0. The van der Waals surface area contributed by atoms with E-state index >= 15 is 0 Å². The van der Waals surface area contributed by atoms with Gasteiger partial charge in [0.1, 0.15) is 18.1 Å². The number of carbonyl (C=O) groups is 1. The Morgan fingerprint density at radius 3 is 2.58 bits per heavy atom. The van der Waals surface area contributed by atoms with Crippen LogP contribution in [0, 0.1) is 13.8 Å². The van der Waals surface area contributed by atoms with Crippen LogP contribution in [0.4, 0.5) is 5.69 Å². The van der Waals surface area contributed by atoms with Gasteiger partial charge in [-0.2, -0.15) is 0 Å². The molecule has 0 spiro atoms. The predicted octanol–water partition coefficient (Wildman–Crippen LogP) is 4.31. The van der Waals surface area contributed by atoms with Crippen molar-refractivity contribution in [3.8, 4) is 11.3 Å². The number of aliphatic hydroxyl groups excluding tert-OH is 1. The van der Waals surface area contributed by atoms with Crippen molar-refractivity contribution in [3.05, 3.63) is 77.0 Å². The third-order valence-electron chi connectivity index (χ3n) is 3.85. The molecule has 3 aromatic rings. The molecular weight excluding hydrogens is 302 g/mol. The molecule has 4 nitrogen and oxygen atoms in total. The van der Waals surface area contributed by atoms with E-state index in [2.05, 4.69) is 5.32 Å². The van der Waals surface area contributed by atoms with Gasteiger partial charge < -0.3 is 14.8 Å². The van der Waals surface area contributed by atoms with E-state index in [1.165, 1.54) is 0 Å². The molecular formula is C20H19NO3. The van der Waals surface area contributed by atoms with Crippen molar-refractivity contribution >= 4 is 11.6 Å². The quantitative estimate of drug-likeness (QED) is 0.753. The zero-order chi connectivity index (χ0) is 17.1. The fourth-order valence-corrected chi connectivity index (χ4v) is 2.62. The standard InChI is InChI=1S/C20H19NO3/c1-13-4-3-5-15(10-13)20(23)21-16-6-8-18(14(2)11-16)19-9-7-17(12-22)24-19/h3-11,22H,12H2,1-2H3,(H,21,23). The Labute approximate surface area is 140 Å². The summed E-state index contributed by atoms with van der Waals surface area (Å²) < 4.78 is 5.57. The highest BCUT2D eigenvalue weighted by atomic mass is 16.4. The van der Waals surface area contributed by atoms with E-state index in [9.17, 15) is 4.79 Å². The SMILES string of the molecule is Cc1cccc(C(=O)Nc2ccc(-c3ccc(CO)o3)c(C)c2)c1. The van der Waals surface area contributed by atoms with Crippen molar-refractivity contribution in [2.45, 2.75) is 20.5 Å². The first-order valence-electron chi connectivity index (χ1n) is 7.75. The molecule has 0 aliphatic heterocycles. The molecule has 1 aromatic heterocycles. The Balaban J connectivity index is 1.80. The second-order valence-electron chi connectivity index (χ2n) is 5.78. The van der Waals surface area contributed by atoms with Gasteiger partial charge in [0, 0.05) is 16.8 Å². The summed E-state index contributed by atoms with van der Waals surface area (Å²) in [5.41, 5.74) is 4.33. The highest BCUT2D eigenvalue weighted by molar-refractivity contribution is 6.04. The van der Waals surface area contributed by atoms with E-state index < -0.39 is 0 Å². The molecule has 2 aromatic carbocycles. The number of carbonyl (C=O) groups excluding carboxylic acids is 1. The average molecular weight is 321 g/mol. The van der Waals surface area contributed by atoms with E-state index in [-0.39, 0.29) is 12.5 Å². The van der Waals surface area contributed by atoms with Crippen molar-refractivity contribution < 1.29 is 14.3 Å². The van der Waals surface area contributed by atoms with Crippen LogP contribution < -0.4 is 5.32 Å². The van der Waals surface area contributed by atoms with E-state index in [0.717, 1.165) is 22.4 Å². The maximum Gasteiger partial charge on any atom is 0.255 e. The molecule has 0 bridgehead atoms. The number of aryl methyl sites for hydroxylation is 2. The number of rotatable bonds is 4. The fraction of sp³-hybridized carbons (Fsp3) is 0.150. The largest absolute Gasteiger partial charge is 0.459 e. The zero-order valence-corrected chi connectivity index (χ0v) is 13.7. The first-order valence-corrected chi connectivity index (χ1v) is 7.75. The third-order valence-corrected chi connectivity index (χ3v) is 3.85. The van der Waals surface area contributed by atoms with Gasteiger partial charge in [0.15, 0.2) is 0 Å². The Morgan fingerprint density at radius 2 is 1.92 bits per heavy atom. The van der Waals surface area contributed by atoms with Crippen LogP contribution >= 0.6 is 0 Å². The maximum absolute atomic E-state index is 12.3. The number of hydrogen-bond donors (Lipinski definition) is 2. The Bertz CT molecular complexity index is 880. The molecule has 0 saturated carbocycles. The highest BCUT2D eigenvalue weighted by Crippen LogP contribution is 2.28. The van der Waals surface area contributed by atoms with Crippen LogP contribution in [0.1, 0.15) is 27.2 Å². The number of hydrogen-bond acceptors (Lipinski definition) is 3. The van der Waals surface area contributed by atoms with Crippen molar-refractivity contribution in [3.63, 3.8) is 0 Å². The number of benzene rings is 2. The van der Waals surface area contributed by atoms with Crippen LogP contribution in [0.2, 0.25) is 0 Å². The minimum Gasteiger partial charge on any atom is -0.459 e. The van der Waals surface area contributed by atoms with Gasteiger partial charge in [0.2, 0.25) is 0 Å². The summed E-state index contributed by atoms with van der Waals surface area (Å²) in [5.74, 6) is 1.10. The van der Waals surface area contributed by atoms with Gasteiger partial charge in [0.05, 0.1) is 0 Å². The van der Waals surface area contributed by atoms with Gasteiger partial charge >= 0.3 is 0 Å². The second kappa shape index (κ2) is 6.72. The van der Waals surface area contributed by atoms with Gasteiger partial charge in [-0.25, -0.2) is 0 Å². The first-order chi connectivity index (χ1) is 11.6. The summed E-state index contributed by atoms with van der Waals surface area (Å²) in [6.45, 7) is 3.79. The van der Waals surface area contributed by atoms with Crippen molar-refractivity contribution in [2.75, 3.05) is 5.32 Å². The summed E-state index contributed by atoms with van der Waals surface area (Å²) in [5, 5.41) is 12.0. The van der Waals surface area contributed by atoms with Crippen molar-refractivity contribution in [1.82, 2.24) is 0 Å². The number of anilines is 1. The number of nitrogens with one attached hydrogen (secondary N) is 1. The lowest BCUT2D eigenvalue weighted by atomic mass is 10.1. The zero-order valence-electron chi connectivity index (χ0n) is 13.7. The Hall–Kier alpha value is -2.85. The molecule has 2 N–H and O–H groups in total. The molecule has 4 heteroatoms. The monoisotopic (exact) mass is 321 g/mol.